The van der Waals surface area contributed by atoms with Gasteiger partial charge in [-0.3, -0.25) is 4.55 Å². The van der Waals surface area contributed by atoms with Crippen LogP contribution in [-0.2, 0) is 10.4 Å². The van der Waals surface area contributed by atoms with E-state index in [0.29, 0.717) is 5.39 Å². The SMILES string of the molecule is O=c1cc[13c]2[13cH][13cH][13c](OS(=O)(=O)O)[13cH][13c]2o1.[K]. The van der Waals surface area contributed by atoms with E-state index in [-0.39, 0.29) is 62.7 Å². The van der Waals surface area contributed by atoms with E-state index >= 15 is 0 Å². The van der Waals surface area contributed by atoms with Gasteiger partial charge in [0.15, 0.2) is 0 Å². The first kappa shape index (κ1) is 14.8. The first-order valence-electron chi connectivity index (χ1n) is 4.15. The van der Waals surface area contributed by atoms with E-state index in [1.165, 1.54) is 30.3 Å². The van der Waals surface area contributed by atoms with E-state index in [4.69, 9.17) is 8.97 Å². The molecule has 17 heavy (non-hydrogen) atoms. The van der Waals surface area contributed by atoms with Crippen LogP contribution >= 0.6 is 0 Å². The largest absolute Gasteiger partial charge is 0.446 e. The molecular formula is C9H6KO6S. The minimum absolute atomic E-state index is 0. The molecule has 8 heteroatoms. The van der Waals surface area contributed by atoms with E-state index in [0.717, 1.165) is 0 Å². The summed E-state index contributed by atoms with van der Waals surface area (Å²) in [6, 6.07) is 6.80. The van der Waals surface area contributed by atoms with E-state index < -0.39 is 16.0 Å². The molecule has 0 saturated carbocycles. The van der Waals surface area contributed by atoms with Gasteiger partial charge in [0.25, 0.3) is 0 Å². The Morgan fingerprint density at radius 2 is 1.82 bits per heavy atom. The summed E-state index contributed by atoms with van der Waals surface area (Å²) in [5.74, 6) is -0.135. The van der Waals surface area contributed by atoms with E-state index in [1.54, 1.807) is 0 Å². The van der Waals surface area contributed by atoms with Crippen LogP contribution in [0.1, 0.15) is 0 Å². The molecule has 0 spiro atoms. The van der Waals surface area contributed by atoms with Gasteiger partial charge in [0.1, 0.15) is 11.3 Å². The molecule has 1 aromatic carbocycles. The molecular weight excluding hydrogens is 281 g/mol. The first-order chi connectivity index (χ1) is 7.44. The van der Waals surface area contributed by atoms with Crippen LogP contribution in [0.3, 0.4) is 0 Å². The molecule has 2 aromatic rings. The predicted molar refractivity (Wildman–Crippen MR) is 60.4 cm³/mol. The molecule has 6 nitrogen and oxygen atoms in total. The molecule has 1 N–H and O–H groups in total. The maximum atomic E-state index is 10.9. The van der Waals surface area contributed by atoms with Gasteiger partial charge in [-0.25, -0.2) is 4.79 Å². The molecule has 0 unspecified atom stereocenters. The van der Waals surface area contributed by atoms with Gasteiger partial charge in [-0.05, 0) is 18.2 Å². The summed E-state index contributed by atoms with van der Waals surface area (Å²) in [7, 11) is -4.58. The molecule has 0 saturated heterocycles. The van der Waals surface area contributed by atoms with E-state index in [1.807, 2.05) is 0 Å². The molecule has 85 valence electrons. The predicted octanol–water partition coefficient (Wildman–Crippen LogP) is 0.594. The third kappa shape index (κ3) is 4.18. The molecule has 1 heterocycles. The molecule has 0 aliphatic heterocycles. The molecule has 2 rings (SSSR count). The molecule has 0 bridgehead atoms. The number of hydrogen-bond donors (Lipinski definition) is 1. The Morgan fingerprint density at radius 3 is 2.47 bits per heavy atom. The maximum absolute atomic E-state index is 10.9. The zero-order chi connectivity index (χ0) is 11.8. The Morgan fingerprint density at radius 1 is 1.18 bits per heavy atom. The summed E-state index contributed by atoms with van der Waals surface area (Å²) in [6.07, 6.45) is 0. The van der Waals surface area contributed by atoms with Crippen LogP contribution in [0.4, 0.5) is 0 Å². The molecule has 1 aromatic heterocycles. The van der Waals surface area contributed by atoms with Crippen molar-refractivity contribution in [1.29, 1.82) is 0 Å². The van der Waals surface area contributed by atoms with Crippen molar-refractivity contribution in [3.8, 4) is 5.75 Å². The van der Waals surface area contributed by atoms with Crippen LogP contribution in [-0.4, -0.2) is 64.4 Å². The van der Waals surface area contributed by atoms with Crippen molar-refractivity contribution < 1.29 is 21.6 Å². The Labute approximate surface area is 139 Å². The molecule has 0 aliphatic carbocycles. The summed E-state index contributed by atoms with van der Waals surface area (Å²) in [5, 5.41) is 0.613. The van der Waals surface area contributed by atoms with Gasteiger partial charge in [-0.15, -0.1) is 0 Å². The fourth-order valence-corrected chi connectivity index (χ4v) is 1.56. The number of benzene rings is 1. The van der Waals surface area contributed by atoms with Crippen molar-refractivity contribution in [1.82, 2.24) is 0 Å². The maximum Gasteiger partial charge on any atom is 0.446 e. The quantitative estimate of drug-likeness (QED) is 0.493. The van der Waals surface area contributed by atoms with Gasteiger partial charge >= 0.3 is 16.0 Å². The van der Waals surface area contributed by atoms with Gasteiger partial charge in [0.05, 0.1) is 0 Å². The second-order valence-corrected chi connectivity index (χ2v) is 3.99. The third-order valence-corrected chi connectivity index (χ3v) is 2.20. The summed E-state index contributed by atoms with van der Waals surface area (Å²) in [5.41, 5.74) is -0.384. The molecule has 0 atom stereocenters. The zero-order valence-corrected chi connectivity index (χ0v) is 12.7. The van der Waals surface area contributed by atoms with Crippen molar-refractivity contribution in [2.45, 2.75) is 0 Å². The third-order valence-electron chi connectivity index (χ3n) is 1.80. The summed E-state index contributed by atoms with van der Waals surface area (Å²) < 4.78 is 38.4. The van der Waals surface area contributed by atoms with Gasteiger partial charge in [0.2, 0.25) is 0 Å². The van der Waals surface area contributed by atoms with Crippen LogP contribution in [0, 0.1) is 0 Å². The number of fused-ring (bicyclic) bond motifs is 1. The van der Waals surface area contributed by atoms with Gasteiger partial charge in [-0.1, -0.05) is 0 Å². The Bertz CT molecular complexity index is 690. The zero-order valence-electron chi connectivity index (χ0n) is 8.78. The van der Waals surface area contributed by atoms with Crippen LogP contribution in [0.15, 0.2) is 39.5 Å². The number of hydrogen-bond acceptors (Lipinski definition) is 5. The monoisotopic (exact) mass is 287 g/mol. The second kappa shape index (κ2) is 5.61. The molecule has 0 amide bonds. The standard InChI is InChI=1S/C9H6O6S.K/c10-9-4-2-6-1-3-7(5-8(6)14-9)15-16(11,12)13;/h1-5H,(H,11,12,13);/i1+1,3+1,5+1,6+1,7+1,8+1;. The van der Waals surface area contributed by atoms with Crippen molar-refractivity contribution in [2.75, 3.05) is 0 Å². The topological polar surface area (TPSA) is 93.8 Å². The minimum Gasteiger partial charge on any atom is -0.423 e. The van der Waals surface area contributed by atoms with Gasteiger partial charge in [0, 0.05) is 68.9 Å². The molecule has 0 aliphatic rings. The van der Waals surface area contributed by atoms with Gasteiger partial charge < -0.3 is 8.60 Å². The summed E-state index contributed by atoms with van der Waals surface area (Å²) >= 11 is 0. The van der Waals surface area contributed by atoms with Crippen molar-refractivity contribution in [3.05, 3.63) is 40.8 Å². The van der Waals surface area contributed by atoms with Crippen LogP contribution in [0.2, 0.25) is 0 Å². The fraction of sp³-hybridized carbons (Fsp3) is 0. The minimum atomic E-state index is -4.58. The molecule has 0 fully saturated rings. The van der Waals surface area contributed by atoms with E-state index in [2.05, 4.69) is 4.18 Å². The van der Waals surface area contributed by atoms with Crippen LogP contribution in [0.25, 0.3) is 11.0 Å². The molecule has 1 radical (unpaired) electrons. The smallest absolute Gasteiger partial charge is 0.423 e. The van der Waals surface area contributed by atoms with Gasteiger partial charge in [-0.2, -0.15) is 8.42 Å². The van der Waals surface area contributed by atoms with Crippen LogP contribution in [0.5, 0.6) is 5.75 Å². The van der Waals surface area contributed by atoms with E-state index in [9.17, 15) is 13.2 Å². The Hall–Kier alpha value is -0.224. The Kier molecular flexibility index (Phi) is 4.90. The second-order valence-electron chi connectivity index (χ2n) is 2.97. The fourth-order valence-electron chi connectivity index (χ4n) is 1.21. The Balaban J connectivity index is 0.00000144. The van der Waals surface area contributed by atoms with Crippen molar-refractivity contribution in [2.24, 2.45) is 0 Å². The average molecular weight is 287 g/mol. The van der Waals surface area contributed by atoms with Crippen molar-refractivity contribution >= 4 is 72.8 Å². The summed E-state index contributed by atoms with van der Waals surface area (Å²) in [6.45, 7) is 0. The summed E-state index contributed by atoms with van der Waals surface area (Å²) in [4.78, 5) is 10.9. The normalized spacial score (nSPS) is 10.9. The average Bonchev–Trinajstić information content (AvgIpc) is 2.14. The first-order valence-corrected chi connectivity index (χ1v) is 5.51. The van der Waals surface area contributed by atoms with Crippen LogP contribution < -0.4 is 9.81 Å². The number of rotatable bonds is 2. The van der Waals surface area contributed by atoms with Crippen molar-refractivity contribution in [3.63, 3.8) is 0 Å².